The Kier molecular flexibility index (Phi) is 9.39. The third kappa shape index (κ3) is 6.45. The average Bonchev–Trinajstić information content (AvgIpc) is 3.29. The Balaban J connectivity index is 0.00000400. The molecule has 0 saturated heterocycles. The molecule has 0 fully saturated rings. The van der Waals surface area contributed by atoms with Crippen molar-refractivity contribution in [2.45, 2.75) is 45.8 Å². The van der Waals surface area contributed by atoms with Gasteiger partial charge in [0.2, 0.25) is 5.91 Å². The number of aromatic carboxylic acids is 1. The van der Waals surface area contributed by atoms with Crippen molar-refractivity contribution in [2.75, 3.05) is 6.54 Å². The van der Waals surface area contributed by atoms with Crippen molar-refractivity contribution in [3.63, 3.8) is 0 Å². The van der Waals surface area contributed by atoms with Crippen molar-refractivity contribution in [1.29, 1.82) is 0 Å². The van der Waals surface area contributed by atoms with Crippen LogP contribution < -0.4 is 24.6 Å². The zero-order chi connectivity index (χ0) is 26.7. The topological polar surface area (TPSA) is 141 Å². The molecule has 1 aliphatic rings. The Morgan fingerprint density at radius 3 is 2.61 bits per heavy atom. The van der Waals surface area contributed by atoms with Crippen molar-refractivity contribution in [3.8, 4) is 0 Å². The number of nitrogens with two attached hydrogens (primary N) is 1. The van der Waals surface area contributed by atoms with Gasteiger partial charge in [0.1, 0.15) is 18.1 Å². The molecule has 2 aromatic carbocycles. The number of hydrogen-bond acceptors (Lipinski definition) is 6. The second-order valence-electron chi connectivity index (χ2n) is 9.14. The van der Waals surface area contributed by atoms with Crippen molar-refractivity contribution in [2.24, 2.45) is 5.73 Å². The summed E-state index contributed by atoms with van der Waals surface area (Å²) in [7, 11) is 0. The zero-order valence-corrected chi connectivity index (χ0v) is 21.6. The van der Waals surface area contributed by atoms with Gasteiger partial charge in [0.25, 0.3) is 0 Å². The summed E-state index contributed by atoms with van der Waals surface area (Å²) in [5.74, 6) is -2.34. The Morgan fingerprint density at radius 2 is 1.92 bits per heavy atom. The van der Waals surface area contributed by atoms with E-state index in [0.717, 1.165) is 16.7 Å². The molecule has 3 aromatic rings. The summed E-state index contributed by atoms with van der Waals surface area (Å²) in [5, 5.41) is 13.5. The van der Waals surface area contributed by atoms with E-state index in [1.807, 2.05) is 4.90 Å². The Morgan fingerprint density at radius 1 is 1.16 bits per heavy atom. The van der Waals surface area contributed by atoms with Crippen LogP contribution in [-0.4, -0.2) is 44.3 Å². The fourth-order valence-electron chi connectivity index (χ4n) is 4.80. The number of amides is 2. The molecular formula is C27H27FLiN5O4. The number of aryl methyl sites for hydroxylation is 1. The molecule has 1 aromatic heterocycles. The van der Waals surface area contributed by atoms with Gasteiger partial charge < -0.3 is 21.0 Å². The van der Waals surface area contributed by atoms with Crippen LogP contribution in [0.1, 0.15) is 66.8 Å². The summed E-state index contributed by atoms with van der Waals surface area (Å²) >= 11 is 0. The number of hydrogen-bond donors (Lipinski definition) is 2. The van der Waals surface area contributed by atoms with Crippen molar-refractivity contribution >= 4 is 17.8 Å². The number of carbonyl (C=O) groups excluding carboxylic acids is 2. The second-order valence-corrected chi connectivity index (χ2v) is 9.14. The van der Waals surface area contributed by atoms with E-state index >= 15 is 0 Å². The number of halogens is 1. The number of rotatable bonds is 9. The molecule has 0 bridgehead atoms. The van der Waals surface area contributed by atoms with Crippen molar-refractivity contribution in [3.05, 3.63) is 98.6 Å². The Bertz CT molecular complexity index is 1380. The van der Waals surface area contributed by atoms with Gasteiger partial charge in [0, 0.05) is 12.6 Å². The fraction of sp³-hybridized carbons (Fsp3) is 0.296. The number of fused-ring (bicyclic) bond motifs is 1. The molecular weight excluding hydrogens is 484 g/mol. The van der Waals surface area contributed by atoms with Crippen LogP contribution in [-0.2, 0) is 24.3 Å². The van der Waals surface area contributed by atoms with Gasteiger partial charge in [-0.2, -0.15) is 0 Å². The van der Waals surface area contributed by atoms with E-state index in [1.54, 1.807) is 38.1 Å². The largest absolute Gasteiger partial charge is 1.00 e. The third-order valence-electron chi connectivity index (χ3n) is 6.63. The first-order chi connectivity index (χ1) is 17.6. The maximum absolute atomic E-state index is 13.5. The van der Waals surface area contributed by atoms with E-state index in [2.05, 4.69) is 15.3 Å². The number of carbonyl (C=O) groups is 3. The maximum atomic E-state index is 13.5. The normalized spacial score (nSPS) is 14.1. The molecule has 0 spiro atoms. The minimum Gasteiger partial charge on any atom is -0.644 e. The van der Waals surface area contributed by atoms with Crippen LogP contribution >= 0.6 is 0 Å². The molecule has 0 saturated carbocycles. The smallest absolute Gasteiger partial charge is 0.644 e. The van der Waals surface area contributed by atoms with E-state index in [0.29, 0.717) is 29.7 Å². The second kappa shape index (κ2) is 12.3. The van der Waals surface area contributed by atoms with Gasteiger partial charge in [-0.1, -0.05) is 23.8 Å². The molecule has 38 heavy (non-hydrogen) atoms. The zero-order valence-electron chi connectivity index (χ0n) is 21.6. The van der Waals surface area contributed by atoms with Crippen LogP contribution in [0.25, 0.3) is 5.32 Å². The molecule has 2 amide bonds. The van der Waals surface area contributed by atoms with Crippen molar-refractivity contribution in [1.82, 2.24) is 14.9 Å². The number of nitrogens with zero attached hydrogens (tertiary/aromatic N) is 4. The molecule has 1 aliphatic carbocycles. The minimum atomic E-state index is -0.976. The van der Waals surface area contributed by atoms with Crippen LogP contribution in [0.4, 0.5) is 4.39 Å². The maximum Gasteiger partial charge on any atom is 1.00 e. The Labute approximate surface area is 231 Å². The molecule has 1 heterocycles. The first-order valence-corrected chi connectivity index (χ1v) is 11.8. The molecule has 1 unspecified atom stereocenters. The molecule has 9 nitrogen and oxygen atoms in total. The van der Waals surface area contributed by atoms with Gasteiger partial charge in [0.15, 0.2) is 0 Å². The third-order valence-corrected chi connectivity index (χ3v) is 6.63. The number of carboxylic acids is 1. The van der Waals surface area contributed by atoms with Gasteiger partial charge in [-0.05, 0) is 67.1 Å². The molecule has 3 N–H and O–H groups in total. The first kappa shape index (κ1) is 29.0. The van der Waals surface area contributed by atoms with Gasteiger partial charge >= 0.3 is 24.8 Å². The summed E-state index contributed by atoms with van der Waals surface area (Å²) in [5.41, 5.74) is 10.2. The summed E-state index contributed by atoms with van der Waals surface area (Å²) < 4.78 is 13.5. The summed E-state index contributed by atoms with van der Waals surface area (Å²) in [6, 6.07) is 9.30. The van der Waals surface area contributed by atoms with E-state index in [4.69, 9.17) is 5.73 Å². The molecule has 0 aliphatic heterocycles. The van der Waals surface area contributed by atoms with Gasteiger partial charge in [-0.25, -0.2) is 19.2 Å². The van der Waals surface area contributed by atoms with Gasteiger partial charge in [0.05, 0.1) is 23.5 Å². The number of benzene rings is 2. The first-order valence-electron chi connectivity index (χ1n) is 11.8. The predicted molar refractivity (Wildman–Crippen MR) is 133 cm³/mol. The summed E-state index contributed by atoms with van der Waals surface area (Å²) in [6.45, 7) is 3.72. The van der Waals surface area contributed by atoms with E-state index in [9.17, 15) is 23.9 Å². The molecule has 1 atom stereocenters. The van der Waals surface area contributed by atoms with Crippen LogP contribution in [0.15, 0.2) is 42.7 Å². The van der Waals surface area contributed by atoms with E-state index in [1.165, 1.54) is 18.5 Å². The molecule has 4 rings (SSSR count). The standard InChI is InChI=1S/C27H28FN5O4.Li/c1-15-9-17(3-7-22(15)28)11-30-26(35)23-10-18(31-14-32-23)12-33(13-25(29)34)24-8-6-19-16(2)20(27(36)37)4-5-21(19)24;/h3-5,7,9-10,14,24H,6,8,11-13H2,1-2H3,(H4,29,30,34,35,36,37);/q;+1/p-1. The number of primary amides is 1. The molecule has 192 valence electrons. The predicted octanol–water partition coefficient (Wildman–Crippen LogP) is 0.624. The van der Waals surface area contributed by atoms with E-state index in [-0.39, 0.29) is 61.6 Å². The quantitative estimate of drug-likeness (QED) is 0.402. The number of carboxylic acid groups (broad SMARTS) is 1. The molecule has 11 heteroatoms. The number of aromatic nitrogens is 2. The van der Waals surface area contributed by atoms with Crippen LogP contribution in [0.3, 0.4) is 0 Å². The monoisotopic (exact) mass is 511 g/mol. The summed E-state index contributed by atoms with van der Waals surface area (Å²) in [4.78, 5) is 46.3. The minimum absolute atomic E-state index is 0. The average molecular weight is 511 g/mol. The fourth-order valence-corrected chi connectivity index (χ4v) is 4.80. The van der Waals surface area contributed by atoms with E-state index < -0.39 is 17.8 Å². The van der Waals surface area contributed by atoms with Crippen molar-refractivity contribution < 1.29 is 42.7 Å². The van der Waals surface area contributed by atoms with Crippen LogP contribution in [0.5, 0.6) is 0 Å². The van der Waals surface area contributed by atoms with Gasteiger partial charge in [-0.3, -0.25) is 9.69 Å². The SMILES string of the molecule is Cc1cc(C[N-]C(=O)c2cc(CN(CC(N)=O)C3CCc4c3ccc(C(=O)O)c4C)ncn2)ccc1F.[Li+]. The molecule has 0 radical (unpaired) electrons. The van der Waals surface area contributed by atoms with Crippen LogP contribution in [0, 0.1) is 19.7 Å². The van der Waals surface area contributed by atoms with Gasteiger partial charge in [-0.15, -0.1) is 6.54 Å². The van der Waals surface area contributed by atoms with Crippen LogP contribution in [0.2, 0.25) is 0 Å². The summed E-state index contributed by atoms with van der Waals surface area (Å²) in [6.07, 6.45) is 2.64. The Hall–Kier alpha value is -3.58.